The van der Waals surface area contributed by atoms with Gasteiger partial charge in [0.25, 0.3) is 0 Å². The fourth-order valence-corrected chi connectivity index (χ4v) is 4.81. The highest BCUT2D eigenvalue weighted by atomic mass is 32.2. The maximum atomic E-state index is 12.4. The lowest BCUT2D eigenvalue weighted by atomic mass is 10.0. The summed E-state index contributed by atoms with van der Waals surface area (Å²) in [5, 5.41) is 11.1. The van der Waals surface area contributed by atoms with E-state index in [2.05, 4.69) is 18.7 Å². The van der Waals surface area contributed by atoms with Gasteiger partial charge in [-0.1, -0.05) is 13.8 Å². The molecule has 1 aromatic rings. The molecule has 0 radical (unpaired) electrons. The number of benzene rings is 1. The van der Waals surface area contributed by atoms with Crippen molar-refractivity contribution < 1.29 is 13.9 Å². The predicted octanol–water partition coefficient (Wildman–Crippen LogP) is 3.12. The summed E-state index contributed by atoms with van der Waals surface area (Å²) in [6, 6.07) is 4.97. The number of nitro groups is 1. The van der Waals surface area contributed by atoms with Crippen molar-refractivity contribution in [1.82, 2.24) is 0 Å². The van der Waals surface area contributed by atoms with Gasteiger partial charge in [-0.2, -0.15) is 0 Å². The normalized spacial score (nSPS) is 20.3. The Labute approximate surface area is 139 Å². The number of anilines is 1. The van der Waals surface area contributed by atoms with Crippen LogP contribution in [0.1, 0.15) is 33.6 Å². The zero-order valence-electron chi connectivity index (χ0n) is 13.9. The maximum absolute atomic E-state index is 12.4. The summed E-state index contributed by atoms with van der Waals surface area (Å²) in [7, 11) is -0.833. The van der Waals surface area contributed by atoms with Crippen molar-refractivity contribution in [2.45, 2.75) is 38.4 Å². The Bertz CT molecular complexity index is 602. The van der Waals surface area contributed by atoms with Crippen LogP contribution in [0.4, 0.5) is 11.4 Å². The van der Waals surface area contributed by atoms with Crippen LogP contribution < -0.4 is 9.64 Å². The van der Waals surface area contributed by atoms with Crippen LogP contribution in [0, 0.1) is 10.1 Å². The van der Waals surface area contributed by atoms with E-state index in [0.29, 0.717) is 31.2 Å². The Morgan fingerprint density at radius 2 is 2.04 bits per heavy atom. The third-order valence-corrected chi connectivity index (χ3v) is 6.83. The molecule has 1 saturated heterocycles. The SMILES string of the molecule is CCOc1cc(N2CCS(=O)C(CC)(CC)C2)ccc1[N+](=O)[O-]. The average Bonchev–Trinajstić information content (AvgIpc) is 2.55. The minimum Gasteiger partial charge on any atom is -0.487 e. The second kappa shape index (κ2) is 7.29. The first kappa shape index (κ1) is 17.7. The van der Waals surface area contributed by atoms with Gasteiger partial charge in [0.15, 0.2) is 5.75 Å². The number of nitro benzene ring substituents is 1. The molecular weight excluding hydrogens is 316 g/mol. The fraction of sp³-hybridized carbons (Fsp3) is 0.625. The van der Waals surface area contributed by atoms with Gasteiger partial charge in [0.1, 0.15) is 0 Å². The third-order valence-electron chi connectivity index (χ3n) is 4.60. The van der Waals surface area contributed by atoms with Crippen molar-refractivity contribution in [3.05, 3.63) is 28.3 Å². The van der Waals surface area contributed by atoms with E-state index in [1.807, 2.05) is 0 Å². The van der Waals surface area contributed by atoms with Gasteiger partial charge in [0.2, 0.25) is 0 Å². The standard InChI is InChI=1S/C16H24N2O4S/c1-4-16(5-2)12-17(9-10-23(16)21)13-7-8-14(18(19)20)15(11-13)22-6-3/h7-8,11H,4-6,9-10,12H2,1-3H3. The van der Waals surface area contributed by atoms with Crippen molar-refractivity contribution in [1.29, 1.82) is 0 Å². The van der Waals surface area contributed by atoms with E-state index >= 15 is 0 Å². The number of hydrogen-bond acceptors (Lipinski definition) is 5. The maximum Gasteiger partial charge on any atom is 0.311 e. The molecule has 0 aliphatic carbocycles. The van der Waals surface area contributed by atoms with E-state index in [-0.39, 0.29) is 10.4 Å². The number of nitrogens with zero attached hydrogens (tertiary/aromatic N) is 2. The first-order valence-corrected chi connectivity index (χ1v) is 9.34. The molecule has 1 atom stereocenters. The van der Waals surface area contributed by atoms with Crippen molar-refractivity contribution in [3.63, 3.8) is 0 Å². The second-order valence-corrected chi connectivity index (χ2v) is 7.67. The first-order valence-electron chi connectivity index (χ1n) is 8.02. The minimum atomic E-state index is -0.833. The summed E-state index contributed by atoms with van der Waals surface area (Å²) in [4.78, 5) is 12.8. The molecule has 1 unspecified atom stereocenters. The Kier molecular flexibility index (Phi) is 5.62. The molecule has 0 spiro atoms. The molecule has 2 rings (SSSR count). The van der Waals surface area contributed by atoms with Crippen molar-refractivity contribution >= 4 is 22.2 Å². The van der Waals surface area contributed by atoms with Crippen LogP contribution in [0.25, 0.3) is 0 Å². The van der Waals surface area contributed by atoms with Gasteiger partial charge in [-0.15, -0.1) is 0 Å². The molecule has 1 fully saturated rings. The van der Waals surface area contributed by atoms with Crippen LogP contribution >= 0.6 is 0 Å². The van der Waals surface area contributed by atoms with Gasteiger partial charge >= 0.3 is 5.69 Å². The number of ether oxygens (including phenoxy) is 1. The van der Waals surface area contributed by atoms with Crippen molar-refractivity contribution in [2.75, 3.05) is 30.3 Å². The molecule has 0 saturated carbocycles. The van der Waals surface area contributed by atoms with Gasteiger partial charge in [-0.25, -0.2) is 0 Å². The second-order valence-electron chi connectivity index (χ2n) is 5.70. The summed E-state index contributed by atoms with van der Waals surface area (Å²) in [5.41, 5.74) is 0.871. The van der Waals surface area contributed by atoms with Gasteiger partial charge in [-0.05, 0) is 25.8 Å². The lowest BCUT2D eigenvalue weighted by molar-refractivity contribution is -0.385. The molecule has 0 N–H and O–H groups in total. The van der Waals surface area contributed by atoms with E-state index in [4.69, 9.17) is 4.74 Å². The molecule has 0 bridgehead atoms. The van der Waals surface area contributed by atoms with Gasteiger partial charge in [-0.3, -0.25) is 14.3 Å². The quantitative estimate of drug-likeness (QED) is 0.587. The lowest BCUT2D eigenvalue weighted by Gasteiger charge is -2.42. The van der Waals surface area contributed by atoms with E-state index in [1.54, 1.807) is 19.1 Å². The summed E-state index contributed by atoms with van der Waals surface area (Å²) in [5.74, 6) is 0.920. The van der Waals surface area contributed by atoms with Crippen LogP contribution in [0.5, 0.6) is 5.75 Å². The van der Waals surface area contributed by atoms with E-state index in [1.165, 1.54) is 6.07 Å². The van der Waals surface area contributed by atoms with Crippen LogP contribution in [-0.2, 0) is 10.8 Å². The Hall–Kier alpha value is -1.63. The van der Waals surface area contributed by atoms with Gasteiger partial charge in [0.05, 0.1) is 16.3 Å². The predicted molar refractivity (Wildman–Crippen MR) is 92.8 cm³/mol. The third kappa shape index (κ3) is 3.49. The summed E-state index contributed by atoms with van der Waals surface area (Å²) < 4.78 is 17.7. The highest BCUT2D eigenvalue weighted by Crippen LogP contribution is 2.35. The fourth-order valence-electron chi connectivity index (χ4n) is 3.05. The molecule has 1 aliphatic heterocycles. The van der Waals surface area contributed by atoms with Crippen LogP contribution in [-0.4, -0.2) is 39.3 Å². The Morgan fingerprint density at radius 3 is 2.61 bits per heavy atom. The van der Waals surface area contributed by atoms with Gasteiger partial charge < -0.3 is 9.64 Å². The van der Waals surface area contributed by atoms with E-state index in [9.17, 15) is 14.3 Å². The topological polar surface area (TPSA) is 72.7 Å². The number of hydrogen-bond donors (Lipinski definition) is 0. The molecule has 6 nitrogen and oxygen atoms in total. The summed E-state index contributed by atoms with van der Waals surface area (Å²) in [6.45, 7) is 7.73. The number of rotatable bonds is 6. The largest absolute Gasteiger partial charge is 0.487 e. The van der Waals surface area contributed by atoms with E-state index in [0.717, 1.165) is 18.5 Å². The van der Waals surface area contributed by atoms with E-state index < -0.39 is 15.7 Å². The highest BCUT2D eigenvalue weighted by molar-refractivity contribution is 7.86. The monoisotopic (exact) mass is 340 g/mol. The van der Waals surface area contributed by atoms with Crippen LogP contribution in [0.3, 0.4) is 0 Å². The van der Waals surface area contributed by atoms with Crippen molar-refractivity contribution in [3.8, 4) is 5.75 Å². The Morgan fingerprint density at radius 1 is 1.35 bits per heavy atom. The average molecular weight is 340 g/mol. The molecule has 0 aromatic heterocycles. The molecule has 1 aliphatic rings. The molecular formula is C16H24N2O4S. The zero-order chi connectivity index (χ0) is 17.0. The zero-order valence-corrected chi connectivity index (χ0v) is 14.7. The Balaban J connectivity index is 2.33. The molecule has 128 valence electrons. The van der Waals surface area contributed by atoms with Crippen molar-refractivity contribution in [2.24, 2.45) is 0 Å². The summed E-state index contributed by atoms with van der Waals surface area (Å²) in [6.07, 6.45) is 1.72. The molecule has 7 heteroatoms. The lowest BCUT2D eigenvalue weighted by Crippen LogP contribution is -2.53. The van der Waals surface area contributed by atoms with Gasteiger partial charge in [0, 0.05) is 47.5 Å². The van der Waals surface area contributed by atoms with Crippen LogP contribution in [0.15, 0.2) is 18.2 Å². The smallest absolute Gasteiger partial charge is 0.311 e. The molecule has 1 aromatic carbocycles. The molecule has 23 heavy (non-hydrogen) atoms. The molecule has 1 heterocycles. The minimum absolute atomic E-state index is 0.0200. The van der Waals surface area contributed by atoms with Crippen LogP contribution in [0.2, 0.25) is 0 Å². The summed E-state index contributed by atoms with van der Waals surface area (Å²) >= 11 is 0. The molecule has 0 amide bonds. The first-order chi connectivity index (χ1) is 11.0. The highest BCUT2D eigenvalue weighted by Gasteiger charge is 2.39.